The van der Waals surface area contributed by atoms with Crippen LogP contribution in [0.3, 0.4) is 0 Å². The number of rotatable bonds is 3. The van der Waals surface area contributed by atoms with Crippen LogP contribution < -0.4 is 10.2 Å². The zero-order chi connectivity index (χ0) is 12.3. The Balaban J connectivity index is 2.13. The molecule has 1 aromatic rings. The van der Waals surface area contributed by atoms with Gasteiger partial charge in [0.1, 0.15) is 5.82 Å². The first-order valence-corrected chi connectivity index (χ1v) is 5.95. The van der Waals surface area contributed by atoms with Crippen LogP contribution in [0.25, 0.3) is 0 Å². The molecular weight excluding hydrogens is 216 g/mol. The molecule has 0 aromatic carbocycles. The number of hydrogen-bond donors (Lipinski definition) is 1. The molecular formula is C12H20N4O. The molecule has 0 radical (unpaired) electrons. The molecule has 0 amide bonds. The van der Waals surface area contributed by atoms with Gasteiger partial charge in [-0.25, -0.2) is 4.98 Å². The van der Waals surface area contributed by atoms with Crippen LogP contribution in [-0.2, 0) is 11.3 Å². The van der Waals surface area contributed by atoms with E-state index in [9.17, 15) is 0 Å². The van der Waals surface area contributed by atoms with Crippen molar-refractivity contribution in [3.8, 4) is 0 Å². The van der Waals surface area contributed by atoms with E-state index in [4.69, 9.17) is 4.74 Å². The molecule has 2 heterocycles. The number of aromatic nitrogens is 2. The van der Waals surface area contributed by atoms with Gasteiger partial charge in [0.2, 0.25) is 0 Å². The quantitative estimate of drug-likeness (QED) is 0.841. The number of hydrogen-bond acceptors (Lipinski definition) is 5. The molecule has 0 aliphatic carbocycles. The highest BCUT2D eigenvalue weighted by molar-refractivity contribution is 5.37. The molecule has 0 atom stereocenters. The summed E-state index contributed by atoms with van der Waals surface area (Å²) >= 11 is 0. The zero-order valence-corrected chi connectivity index (χ0v) is 10.7. The van der Waals surface area contributed by atoms with Crippen molar-refractivity contribution in [2.45, 2.75) is 26.0 Å². The minimum atomic E-state index is -0.112. The highest BCUT2D eigenvalue weighted by atomic mass is 16.5. The Bertz CT molecular complexity index is 381. The largest absolute Gasteiger partial charge is 0.372 e. The fourth-order valence-corrected chi connectivity index (χ4v) is 2.03. The molecule has 1 fully saturated rings. The number of ether oxygens (including phenoxy) is 1. The summed E-state index contributed by atoms with van der Waals surface area (Å²) in [5.41, 5.74) is 0.855. The Morgan fingerprint density at radius 2 is 2.29 bits per heavy atom. The number of morpholine rings is 1. The highest BCUT2D eigenvalue weighted by Crippen LogP contribution is 2.20. The van der Waals surface area contributed by atoms with Gasteiger partial charge >= 0.3 is 0 Å². The van der Waals surface area contributed by atoms with E-state index in [1.54, 1.807) is 6.20 Å². The van der Waals surface area contributed by atoms with Crippen LogP contribution in [0.2, 0.25) is 0 Å². The average Bonchev–Trinajstić information content (AvgIpc) is 2.28. The predicted molar refractivity (Wildman–Crippen MR) is 67.0 cm³/mol. The summed E-state index contributed by atoms with van der Waals surface area (Å²) in [6.45, 7) is 7.42. The molecule has 1 N–H and O–H groups in total. The van der Waals surface area contributed by atoms with Crippen molar-refractivity contribution in [1.82, 2.24) is 15.3 Å². The summed E-state index contributed by atoms with van der Waals surface area (Å²) in [5.74, 6) is 0.939. The first-order chi connectivity index (χ1) is 8.11. The van der Waals surface area contributed by atoms with E-state index < -0.39 is 0 Å². The fourth-order valence-electron chi connectivity index (χ4n) is 2.03. The first-order valence-electron chi connectivity index (χ1n) is 5.95. The van der Waals surface area contributed by atoms with Crippen LogP contribution in [-0.4, -0.2) is 42.3 Å². The summed E-state index contributed by atoms with van der Waals surface area (Å²) in [6, 6.07) is 0. The molecule has 0 spiro atoms. The summed E-state index contributed by atoms with van der Waals surface area (Å²) < 4.78 is 5.69. The van der Waals surface area contributed by atoms with E-state index >= 15 is 0 Å². The molecule has 17 heavy (non-hydrogen) atoms. The van der Waals surface area contributed by atoms with Crippen molar-refractivity contribution < 1.29 is 4.74 Å². The SMILES string of the molecule is CNCc1cncc(N2CCOC(C)(C)C2)n1. The van der Waals surface area contributed by atoms with E-state index in [1.165, 1.54) is 0 Å². The van der Waals surface area contributed by atoms with Crippen LogP contribution in [0.4, 0.5) is 5.82 Å². The topological polar surface area (TPSA) is 50.3 Å². The molecule has 1 saturated heterocycles. The Morgan fingerprint density at radius 1 is 1.47 bits per heavy atom. The lowest BCUT2D eigenvalue weighted by Crippen LogP contribution is -2.48. The Morgan fingerprint density at radius 3 is 3.00 bits per heavy atom. The zero-order valence-electron chi connectivity index (χ0n) is 10.7. The third-order valence-electron chi connectivity index (χ3n) is 2.78. The second kappa shape index (κ2) is 4.98. The molecule has 0 bridgehead atoms. The maximum Gasteiger partial charge on any atom is 0.147 e. The van der Waals surface area contributed by atoms with Crippen molar-refractivity contribution in [3.63, 3.8) is 0 Å². The van der Waals surface area contributed by atoms with Crippen molar-refractivity contribution in [3.05, 3.63) is 18.1 Å². The van der Waals surface area contributed by atoms with Crippen LogP contribution >= 0.6 is 0 Å². The number of nitrogens with one attached hydrogen (secondary N) is 1. The third kappa shape index (κ3) is 3.14. The van der Waals surface area contributed by atoms with Crippen molar-refractivity contribution in [2.75, 3.05) is 31.6 Å². The summed E-state index contributed by atoms with van der Waals surface area (Å²) in [7, 11) is 1.91. The van der Waals surface area contributed by atoms with Gasteiger partial charge in [-0.3, -0.25) is 4.98 Å². The van der Waals surface area contributed by atoms with Crippen LogP contribution in [0.15, 0.2) is 12.4 Å². The lowest BCUT2D eigenvalue weighted by Gasteiger charge is -2.38. The predicted octanol–water partition coefficient (Wildman–Crippen LogP) is 0.811. The Labute approximate surface area is 102 Å². The second-order valence-corrected chi connectivity index (χ2v) is 4.93. The maximum absolute atomic E-state index is 5.69. The lowest BCUT2D eigenvalue weighted by atomic mass is 10.1. The van der Waals surface area contributed by atoms with E-state index in [2.05, 4.69) is 34.0 Å². The summed E-state index contributed by atoms with van der Waals surface area (Å²) in [4.78, 5) is 11.1. The minimum absolute atomic E-state index is 0.112. The number of anilines is 1. The molecule has 2 rings (SSSR count). The van der Waals surface area contributed by atoms with Gasteiger partial charge in [0.25, 0.3) is 0 Å². The first kappa shape index (κ1) is 12.3. The molecule has 1 aliphatic heterocycles. The summed E-state index contributed by atoms with van der Waals surface area (Å²) in [6.07, 6.45) is 3.62. The average molecular weight is 236 g/mol. The molecule has 5 nitrogen and oxygen atoms in total. The van der Waals surface area contributed by atoms with Gasteiger partial charge in [-0.1, -0.05) is 0 Å². The van der Waals surface area contributed by atoms with Gasteiger partial charge < -0.3 is 15.0 Å². The van der Waals surface area contributed by atoms with Gasteiger partial charge in [0.05, 0.1) is 24.1 Å². The minimum Gasteiger partial charge on any atom is -0.372 e. The molecule has 0 saturated carbocycles. The smallest absolute Gasteiger partial charge is 0.147 e. The molecule has 5 heteroatoms. The highest BCUT2D eigenvalue weighted by Gasteiger charge is 2.28. The van der Waals surface area contributed by atoms with Gasteiger partial charge in [-0.2, -0.15) is 0 Å². The normalized spacial score (nSPS) is 19.4. The van der Waals surface area contributed by atoms with Gasteiger partial charge in [-0.15, -0.1) is 0 Å². The van der Waals surface area contributed by atoms with Crippen molar-refractivity contribution in [2.24, 2.45) is 0 Å². The maximum atomic E-state index is 5.69. The van der Waals surface area contributed by atoms with E-state index in [0.29, 0.717) is 0 Å². The van der Waals surface area contributed by atoms with E-state index in [0.717, 1.165) is 37.8 Å². The van der Waals surface area contributed by atoms with E-state index in [-0.39, 0.29) is 5.60 Å². The van der Waals surface area contributed by atoms with Gasteiger partial charge in [0.15, 0.2) is 0 Å². The monoisotopic (exact) mass is 236 g/mol. The van der Waals surface area contributed by atoms with Crippen LogP contribution in [0.1, 0.15) is 19.5 Å². The lowest BCUT2D eigenvalue weighted by molar-refractivity contribution is -0.0279. The molecule has 0 unspecified atom stereocenters. The fraction of sp³-hybridized carbons (Fsp3) is 0.667. The van der Waals surface area contributed by atoms with E-state index in [1.807, 2.05) is 13.2 Å². The molecule has 1 aromatic heterocycles. The van der Waals surface area contributed by atoms with Gasteiger partial charge in [-0.05, 0) is 20.9 Å². The second-order valence-electron chi connectivity index (χ2n) is 4.93. The standard InChI is InChI=1S/C12H20N4O/c1-12(2)9-16(4-5-17-12)11-8-14-7-10(15-11)6-13-3/h7-8,13H,4-6,9H2,1-3H3. The summed E-state index contributed by atoms with van der Waals surface area (Å²) in [5, 5.41) is 3.08. The van der Waals surface area contributed by atoms with Crippen molar-refractivity contribution in [1.29, 1.82) is 0 Å². The molecule has 94 valence electrons. The Hall–Kier alpha value is -1.20. The van der Waals surface area contributed by atoms with Crippen molar-refractivity contribution >= 4 is 5.82 Å². The molecule has 1 aliphatic rings. The van der Waals surface area contributed by atoms with Crippen LogP contribution in [0, 0.1) is 0 Å². The third-order valence-corrected chi connectivity index (χ3v) is 2.78. The number of nitrogens with zero attached hydrogens (tertiary/aromatic N) is 3. The van der Waals surface area contributed by atoms with Gasteiger partial charge in [0, 0.05) is 25.8 Å². The Kier molecular flexibility index (Phi) is 3.59. The van der Waals surface area contributed by atoms with Crippen LogP contribution in [0.5, 0.6) is 0 Å².